The molecule has 102 valence electrons. The van der Waals surface area contributed by atoms with E-state index in [9.17, 15) is 0 Å². The molecule has 0 aromatic carbocycles. The molecule has 0 aromatic rings. The fourth-order valence-electron chi connectivity index (χ4n) is 2.44. The first-order valence-corrected chi connectivity index (χ1v) is 7.56. The fourth-order valence-corrected chi connectivity index (χ4v) is 2.44. The second-order valence-corrected chi connectivity index (χ2v) is 6.28. The third-order valence-corrected chi connectivity index (χ3v) is 4.35. The molecular formula is C15H32N2. The van der Waals surface area contributed by atoms with E-state index in [1.54, 1.807) is 0 Å². The minimum absolute atomic E-state index is 0.175. The number of rotatable bonds is 10. The number of unbranched alkanes of at least 4 members (excludes halogenated alkanes) is 4. The Morgan fingerprint density at radius 1 is 1.24 bits per heavy atom. The highest BCUT2D eigenvalue weighted by atomic mass is 15.0. The van der Waals surface area contributed by atoms with E-state index in [1.165, 1.54) is 51.5 Å². The second kappa shape index (κ2) is 7.38. The molecular weight excluding hydrogens is 208 g/mol. The maximum Gasteiger partial charge on any atom is 0.0275 e. The summed E-state index contributed by atoms with van der Waals surface area (Å²) >= 11 is 0. The molecule has 3 N–H and O–H groups in total. The topological polar surface area (TPSA) is 38.0 Å². The van der Waals surface area contributed by atoms with Crippen LogP contribution in [0.15, 0.2) is 0 Å². The lowest BCUT2D eigenvalue weighted by Gasteiger charge is -2.30. The number of hydrogen-bond donors (Lipinski definition) is 2. The Morgan fingerprint density at radius 3 is 2.41 bits per heavy atom. The highest BCUT2D eigenvalue weighted by Gasteiger charge is 2.34. The van der Waals surface area contributed by atoms with Gasteiger partial charge in [-0.05, 0) is 38.1 Å². The smallest absolute Gasteiger partial charge is 0.0275 e. The highest BCUT2D eigenvalue weighted by molar-refractivity contribution is 4.90. The van der Waals surface area contributed by atoms with Gasteiger partial charge in [0.2, 0.25) is 0 Å². The Labute approximate surface area is 108 Å². The summed E-state index contributed by atoms with van der Waals surface area (Å²) in [6.07, 6.45) is 9.42. The monoisotopic (exact) mass is 240 g/mol. The zero-order chi connectivity index (χ0) is 12.7. The molecule has 1 rings (SSSR count). The van der Waals surface area contributed by atoms with Gasteiger partial charge in [0.1, 0.15) is 0 Å². The molecule has 17 heavy (non-hydrogen) atoms. The third-order valence-electron chi connectivity index (χ3n) is 4.35. The predicted molar refractivity (Wildman–Crippen MR) is 76.1 cm³/mol. The van der Waals surface area contributed by atoms with Crippen molar-refractivity contribution in [3.05, 3.63) is 0 Å². The van der Waals surface area contributed by atoms with Crippen molar-refractivity contribution in [2.75, 3.05) is 13.1 Å². The van der Waals surface area contributed by atoms with E-state index in [-0.39, 0.29) is 5.54 Å². The first-order valence-electron chi connectivity index (χ1n) is 7.56. The normalized spacial score (nSPS) is 26.8. The quantitative estimate of drug-likeness (QED) is 0.575. The van der Waals surface area contributed by atoms with Crippen molar-refractivity contribution in [2.24, 2.45) is 17.6 Å². The zero-order valence-electron chi connectivity index (χ0n) is 12.1. The lowest BCUT2D eigenvalue weighted by Crippen LogP contribution is -2.49. The van der Waals surface area contributed by atoms with Crippen LogP contribution in [0.2, 0.25) is 0 Å². The molecule has 0 bridgehead atoms. The van der Waals surface area contributed by atoms with Crippen LogP contribution < -0.4 is 11.1 Å². The van der Waals surface area contributed by atoms with Crippen LogP contribution in [0, 0.1) is 11.8 Å². The number of nitrogens with one attached hydrogen (secondary N) is 1. The minimum atomic E-state index is 0.175. The number of nitrogens with two attached hydrogens (primary N) is 1. The summed E-state index contributed by atoms with van der Waals surface area (Å²) in [6, 6.07) is 0. The lowest BCUT2D eigenvalue weighted by molar-refractivity contribution is 0.319. The van der Waals surface area contributed by atoms with Crippen molar-refractivity contribution in [3.63, 3.8) is 0 Å². The Kier molecular flexibility index (Phi) is 6.50. The molecule has 3 unspecified atom stereocenters. The summed E-state index contributed by atoms with van der Waals surface area (Å²) in [6.45, 7) is 8.84. The van der Waals surface area contributed by atoms with Crippen LogP contribution in [0.4, 0.5) is 0 Å². The molecule has 0 radical (unpaired) electrons. The second-order valence-electron chi connectivity index (χ2n) is 6.28. The van der Waals surface area contributed by atoms with Gasteiger partial charge in [0.25, 0.3) is 0 Å². The molecule has 0 aliphatic heterocycles. The lowest BCUT2D eigenvalue weighted by atomic mass is 9.93. The first-order chi connectivity index (χ1) is 8.11. The maximum absolute atomic E-state index is 5.93. The van der Waals surface area contributed by atoms with Crippen LogP contribution in [0.25, 0.3) is 0 Å². The minimum Gasteiger partial charge on any atom is -0.329 e. The van der Waals surface area contributed by atoms with Crippen LogP contribution in [-0.4, -0.2) is 18.6 Å². The molecule has 0 heterocycles. The molecule has 2 heteroatoms. The van der Waals surface area contributed by atoms with Gasteiger partial charge in [-0.2, -0.15) is 0 Å². The van der Waals surface area contributed by atoms with Crippen molar-refractivity contribution >= 4 is 0 Å². The average Bonchev–Trinajstić information content (AvgIpc) is 3.03. The van der Waals surface area contributed by atoms with Gasteiger partial charge in [-0.25, -0.2) is 0 Å². The summed E-state index contributed by atoms with van der Waals surface area (Å²) in [4.78, 5) is 0. The molecule has 1 fully saturated rings. The van der Waals surface area contributed by atoms with Crippen LogP contribution in [0.3, 0.4) is 0 Å². The van der Waals surface area contributed by atoms with E-state index >= 15 is 0 Å². The largest absolute Gasteiger partial charge is 0.329 e. The van der Waals surface area contributed by atoms with E-state index in [1.807, 2.05) is 0 Å². The summed E-state index contributed by atoms with van der Waals surface area (Å²) in [7, 11) is 0. The molecule has 3 atom stereocenters. The van der Waals surface area contributed by atoms with Gasteiger partial charge in [-0.3, -0.25) is 0 Å². The Balaban J connectivity index is 2.10. The van der Waals surface area contributed by atoms with Crippen LogP contribution >= 0.6 is 0 Å². The van der Waals surface area contributed by atoms with Gasteiger partial charge < -0.3 is 11.1 Å². The average molecular weight is 240 g/mol. The summed E-state index contributed by atoms with van der Waals surface area (Å²) in [5.41, 5.74) is 6.10. The van der Waals surface area contributed by atoms with Gasteiger partial charge in [-0.15, -0.1) is 0 Å². The van der Waals surface area contributed by atoms with E-state index in [2.05, 4.69) is 26.1 Å². The summed E-state index contributed by atoms with van der Waals surface area (Å²) in [5, 5.41) is 3.70. The van der Waals surface area contributed by atoms with E-state index < -0.39 is 0 Å². The van der Waals surface area contributed by atoms with Gasteiger partial charge in [0.15, 0.2) is 0 Å². The zero-order valence-corrected chi connectivity index (χ0v) is 12.1. The SMILES string of the molecule is CCCCCCCC(C)(CN)NCC1CC1C. The van der Waals surface area contributed by atoms with Gasteiger partial charge in [0.05, 0.1) is 0 Å². The van der Waals surface area contributed by atoms with Crippen molar-refractivity contribution in [3.8, 4) is 0 Å². The molecule has 0 aromatic heterocycles. The van der Waals surface area contributed by atoms with Crippen molar-refractivity contribution in [1.29, 1.82) is 0 Å². The van der Waals surface area contributed by atoms with Crippen LogP contribution in [-0.2, 0) is 0 Å². The Hall–Kier alpha value is -0.0800. The maximum atomic E-state index is 5.93. The first kappa shape index (κ1) is 15.0. The van der Waals surface area contributed by atoms with Gasteiger partial charge in [-0.1, -0.05) is 46.0 Å². The molecule has 0 spiro atoms. The standard InChI is InChI=1S/C15H32N2/c1-4-5-6-7-8-9-15(3,12-16)17-11-14-10-13(14)2/h13-14,17H,4-12,16H2,1-3H3. The van der Waals surface area contributed by atoms with Crippen molar-refractivity contribution < 1.29 is 0 Å². The van der Waals surface area contributed by atoms with Crippen molar-refractivity contribution in [2.45, 2.75) is 71.3 Å². The van der Waals surface area contributed by atoms with E-state index in [0.717, 1.165) is 18.4 Å². The molecule has 0 saturated heterocycles. The Morgan fingerprint density at radius 2 is 1.88 bits per heavy atom. The van der Waals surface area contributed by atoms with Crippen molar-refractivity contribution in [1.82, 2.24) is 5.32 Å². The highest BCUT2D eigenvalue weighted by Crippen LogP contribution is 2.37. The van der Waals surface area contributed by atoms with E-state index in [4.69, 9.17) is 5.73 Å². The molecule has 2 nitrogen and oxygen atoms in total. The predicted octanol–water partition coefficient (Wildman–Crippen LogP) is 3.31. The molecule has 1 aliphatic rings. The summed E-state index contributed by atoms with van der Waals surface area (Å²) in [5.74, 6) is 1.86. The fraction of sp³-hybridized carbons (Fsp3) is 1.00. The Bertz CT molecular complexity index is 205. The number of hydrogen-bond acceptors (Lipinski definition) is 2. The summed E-state index contributed by atoms with van der Waals surface area (Å²) < 4.78 is 0. The molecule has 1 saturated carbocycles. The van der Waals surface area contributed by atoms with E-state index in [0.29, 0.717) is 0 Å². The molecule has 0 amide bonds. The van der Waals surface area contributed by atoms with Crippen LogP contribution in [0.5, 0.6) is 0 Å². The van der Waals surface area contributed by atoms with Gasteiger partial charge >= 0.3 is 0 Å². The van der Waals surface area contributed by atoms with Crippen LogP contribution in [0.1, 0.15) is 65.7 Å². The third kappa shape index (κ3) is 5.87. The van der Waals surface area contributed by atoms with Gasteiger partial charge in [0, 0.05) is 12.1 Å². The molecule has 1 aliphatic carbocycles.